The molecule has 2 aromatic heterocycles. The summed E-state index contributed by atoms with van der Waals surface area (Å²) in [7, 11) is 0. The van der Waals surface area contributed by atoms with Crippen molar-refractivity contribution in [3.05, 3.63) is 96.5 Å². The van der Waals surface area contributed by atoms with Crippen molar-refractivity contribution in [1.29, 1.82) is 0 Å². The number of aliphatic hydroxyl groups excluding tert-OH is 1. The molecular weight excluding hydrogens is 749 g/mol. The Labute approximate surface area is 285 Å². The SMILES string of the molecule is CCC(C)(CC)C(=O)/C=C(\O)C(C)(CC)CC.Cc1nc(-c2[c-]cc3ccccc3c2)c2c(n1)oc1cc3ccccc3cc12.[Ir]. The van der Waals surface area contributed by atoms with Gasteiger partial charge in [-0.2, -0.15) is 4.98 Å². The molecule has 6 aromatic rings. The predicted molar refractivity (Wildman–Crippen MR) is 186 cm³/mol. The fourth-order valence-corrected chi connectivity index (χ4v) is 5.61. The number of rotatable bonds is 8. The van der Waals surface area contributed by atoms with Gasteiger partial charge in [-0.15, -0.1) is 29.1 Å². The van der Waals surface area contributed by atoms with Crippen LogP contribution in [0.25, 0.3) is 54.9 Å². The molecule has 0 aliphatic heterocycles. The first-order valence-electron chi connectivity index (χ1n) is 16.0. The van der Waals surface area contributed by atoms with E-state index in [1.54, 1.807) is 0 Å². The molecule has 0 unspecified atom stereocenters. The van der Waals surface area contributed by atoms with E-state index in [2.05, 4.69) is 59.6 Å². The second-order valence-corrected chi connectivity index (χ2v) is 12.5. The molecule has 46 heavy (non-hydrogen) atoms. The second-order valence-electron chi connectivity index (χ2n) is 12.5. The van der Waals surface area contributed by atoms with E-state index in [0.29, 0.717) is 11.5 Å². The normalized spacial score (nSPS) is 12.3. The molecule has 0 spiro atoms. The number of aromatic nitrogens is 2. The zero-order valence-corrected chi connectivity index (χ0v) is 30.2. The summed E-state index contributed by atoms with van der Waals surface area (Å²) in [5.74, 6) is 0.974. The van der Waals surface area contributed by atoms with Gasteiger partial charge in [0.25, 0.3) is 0 Å². The van der Waals surface area contributed by atoms with Gasteiger partial charge in [-0.1, -0.05) is 95.5 Å². The van der Waals surface area contributed by atoms with Crippen LogP contribution >= 0.6 is 0 Å². The predicted octanol–water partition coefficient (Wildman–Crippen LogP) is 11.1. The summed E-state index contributed by atoms with van der Waals surface area (Å²) in [6, 6.07) is 28.4. The minimum atomic E-state index is -0.337. The fourth-order valence-electron chi connectivity index (χ4n) is 5.61. The van der Waals surface area contributed by atoms with Crippen LogP contribution in [0.2, 0.25) is 0 Å². The van der Waals surface area contributed by atoms with E-state index in [4.69, 9.17) is 9.40 Å². The molecule has 2 heterocycles. The number of furan rings is 1. The molecule has 0 saturated heterocycles. The molecule has 1 N–H and O–H groups in total. The molecule has 5 nitrogen and oxygen atoms in total. The summed E-state index contributed by atoms with van der Waals surface area (Å²) in [4.78, 5) is 21.5. The fraction of sp³-hybridized carbons (Fsp3) is 0.325. The minimum absolute atomic E-state index is 0. The molecule has 241 valence electrons. The summed E-state index contributed by atoms with van der Waals surface area (Å²) < 4.78 is 6.13. The van der Waals surface area contributed by atoms with E-state index in [1.807, 2.05) is 72.7 Å². The van der Waals surface area contributed by atoms with Gasteiger partial charge < -0.3 is 9.52 Å². The number of aryl methyl sites for hydroxylation is 1. The first-order chi connectivity index (χ1) is 21.6. The number of fused-ring (bicyclic) bond motifs is 5. The van der Waals surface area contributed by atoms with Gasteiger partial charge in [-0.05, 0) is 55.5 Å². The Morgan fingerprint density at radius 1 is 0.826 bits per heavy atom. The molecule has 0 fully saturated rings. The molecular formula is C40H43IrN2O3-. The number of carbonyl (C=O) groups excluding carboxylic acids is 1. The van der Waals surface area contributed by atoms with E-state index >= 15 is 0 Å². The Morgan fingerprint density at radius 2 is 1.37 bits per heavy atom. The van der Waals surface area contributed by atoms with E-state index in [1.165, 1.54) is 16.8 Å². The molecule has 0 aliphatic rings. The number of allylic oxidation sites excluding steroid dienone is 2. The van der Waals surface area contributed by atoms with Crippen molar-refractivity contribution in [2.24, 2.45) is 10.8 Å². The smallest absolute Gasteiger partial charge is 0.221 e. The monoisotopic (exact) mass is 792 g/mol. The van der Waals surface area contributed by atoms with Gasteiger partial charge in [-0.3, -0.25) is 9.78 Å². The molecule has 6 rings (SSSR count). The van der Waals surface area contributed by atoms with Gasteiger partial charge in [0.2, 0.25) is 5.71 Å². The summed E-state index contributed by atoms with van der Waals surface area (Å²) in [6.45, 7) is 14.0. The van der Waals surface area contributed by atoms with Crippen LogP contribution in [-0.2, 0) is 24.9 Å². The van der Waals surface area contributed by atoms with Gasteiger partial charge in [0.1, 0.15) is 17.2 Å². The van der Waals surface area contributed by atoms with Gasteiger partial charge >= 0.3 is 0 Å². The van der Waals surface area contributed by atoms with Crippen LogP contribution in [0.3, 0.4) is 0 Å². The van der Waals surface area contributed by atoms with Crippen LogP contribution in [0.4, 0.5) is 0 Å². The zero-order chi connectivity index (χ0) is 32.4. The summed E-state index contributed by atoms with van der Waals surface area (Å²) in [5.41, 5.74) is 2.66. The summed E-state index contributed by atoms with van der Waals surface area (Å²) in [6.07, 6.45) is 4.75. The number of hydrogen-bond donors (Lipinski definition) is 1. The van der Waals surface area contributed by atoms with Gasteiger partial charge in [-0.25, -0.2) is 0 Å². The van der Waals surface area contributed by atoms with Crippen molar-refractivity contribution in [3.63, 3.8) is 0 Å². The third-order valence-corrected chi connectivity index (χ3v) is 9.85. The number of ketones is 1. The van der Waals surface area contributed by atoms with Crippen molar-refractivity contribution in [3.8, 4) is 11.3 Å². The largest absolute Gasteiger partial charge is 0.512 e. The number of carbonyl (C=O) groups is 1. The van der Waals surface area contributed by atoms with Crippen LogP contribution in [0, 0.1) is 23.8 Å². The van der Waals surface area contributed by atoms with Gasteiger partial charge in [0, 0.05) is 53.5 Å². The Balaban J connectivity index is 0.000000234. The number of aliphatic hydroxyl groups is 1. The maximum atomic E-state index is 12.2. The van der Waals surface area contributed by atoms with Crippen LogP contribution in [0.5, 0.6) is 0 Å². The number of benzene rings is 4. The third-order valence-electron chi connectivity index (χ3n) is 9.85. The third kappa shape index (κ3) is 6.79. The van der Waals surface area contributed by atoms with Crippen LogP contribution in [0.15, 0.2) is 89.0 Å². The second kappa shape index (κ2) is 14.3. The average molecular weight is 792 g/mol. The Kier molecular flexibility index (Phi) is 10.9. The van der Waals surface area contributed by atoms with Gasteiger partial charge in [0.15, 0.2) is 5.78 Å². The number of hydrogen-bond acceptors (Lipinski definition) is 5. The van der Waals surface area contributed by atoms with Crippen molar-refractivity contribution in [2.75, 3.05) is 0 Å². The topological polar surface area (TPSA) is 76.2 Å². The molecule has 0 amide bonds. The molecule has 0 aliphatic carbocycles. The quantitative estimate of drug-likeness (QED) is 0.0944. The van der Waals surface area contributed by atoms with Crippen LogP contribution in [0.1, 0.15) is 73.1 Å². The first kappa shape index (κ1) is 35.0. The zero-order valence-electron chi connectivity index (χ0n) is 27.8. The number of nitrogens with zero attached hydrogens (tertiary/aromatic N) is 2. The Bertz CT molecular complexity index is 2030. The molecule has 4 aromatic carbocycles. The summed E-state index contributed by atoms with van der Waals surface area (Å²) in [5, 5.41) is 16.8. The van der Waals surface area contributed by atoms with E-state index in [0.717, 1.165) is 64.1 Å². The van der Waals surface area contributed by atoms with Crippen molar-refractivity contribution >= 4 is 49.4 Å². The van der Waals surface area contributed by atoms with Crippen molar-refractivity contribution < 1.29 is 34.4 Å². The van der Waals surface area contributed by atoms with E-state index in [9.17, 15) is 9.90 Å². The van der Waals surface area contributed by atoms with Gasteiger partial charge in [0.05, 0.1) is 0 Å². The van der Waals surface area contributed by atoms with E-state index in [-0.39, 0.29) is 42.5 Å². The molecule has 0 atom stereocenters. The summed E-state index contributed by atoms with van der Waals surface area (Å²) >= 11 is 0. The first-order valence-corrected chi connectivity index (χ1v) is 16.0. The molecule has 0 saturated carbocycles. The Hall–Kier alpha value is -3.86. The van der Waals surface area contributed by atoms with Crippen LogP contribution < -0.4 is 0 Å². The molecule has 0 bridgehead atoms. The minimum Gasteiger partial charge on any atom is -0.512 e. The molecule has 1 radical (unpaired) electrons. The van der Waals surface area contributed by atoms with E-state index < -0.39 is 0 Å². The standard InChI is InChI=1S/C25H15N2O.C15H28O2.Ir/c1-15-26-24(20-11-10-16-6-2-3-7-17(16)12-20)23-21-13-18-8-4-5-9-19(18)14-22(21)28-25(23)27-15;1-7-14(5,8-2)12(16)11-13(17)15(6,9-3)10-4;/h2-10,12-14H,1H3;11,16H,7-10H2,1-6H3;/q-1;;/b;12-11-;. The van der Waals surface area contributed by atoms with Crippen molar-refractivity contribution in [1.82, 2.24) is 9.97 Å². The maximum Gasteiger partial charge on any atom is 0.221 e. The molecule has 6 heteroatoms. The average Bonchev–Trinajstić information content (AvgIpc) is 3.42. The van der Waals surface area contributed by atoms with Crippen LogP contribution in [-0.4, -0.2) is 20.9 Å². The maximum absolute atomic E-state index is 12.2. The Morgan fingerprint density at radius 3 is 1.96 bits per heavy atom. The van der Waals surface area contributed by atoms with Crippen molar-refractivity contribution in [2.45, 2.75) is 74.1 Å².